The normalized spacial score (nSPS) is 24.0. The Morgan fingerprint density at radius 3 is 2.81 bits per heavy atom. The van der Waals surface area contributed by atoms with Crippen molar-refractivity contribution in [1.82, 2.24) is 0 Å². The van der Waals surface area contributed by atoms with Crippen LogP contribution in [0.2, 0.25) is 13.1 Å². The van der Waals surface area contributed by atoms with E-state index in [1.54, 1.807) is 0 Å². The Bertz CT molecular complexity index is 312. The molecule has 0 N–H and O–H groups in total. The highest BCUT2D eigenvalue weighted by molar-refractivity contribution is 6.57. The fourth-order valence-electron chi connectivity index (χ4n) is 2.42. The summed E-state index contributed by atoms with van der Waals surface area (Å²) >= 11 is 0. The van der Waals surface area contributed by atoms with Crippen LogP contribution in [0.1, 0.15) is 32.6 Å². The van der Waals surface area contributed by atoms with E-state index in [0.717, 1.165) is 32.5 Å². The molecule has 3 unspecified atom stereocenters. The topological polar surface area (TPSA) is 60.7 Å². The lowest BCUT2D eigenvalue weighted by Gasteiger charge is -2.36. The van der Waals surface area contributed by atoms with Crippen molar-refractivity contribution < 1.29 is 18.3 Å². The number of nitrogens with zero attached hydrogens (tertiary/aromatic N) is 1. The average Bonchev–Trinajstić information content (AvgIpc) is 2.48. The SMILES string of the molecule is CCCOC[SiH](OCCC#N)OC1CCCOC1[SiH](C)C. The van der Waals surface area contributed by atoms with Gasteiger partial charge in [0.15, 0.2) is 0 Å². The maximum atomic E-state index is 8.63. The first-order valence-corrected chi connectivity index (χ1v) is 12.8. The summed E-state index contributed by atoms with van der Waals surface area (Å²) in [7, 11) is -2.79. The highest BCUT2D eigenvalue weighted by Crippen LogP contribution is 2.20. The first kappa shape index (κ1) is 18.8. The number of nitriles is 1. The van der Waals surface area contributed by atoms with Gasteiger partial charge in [-0.25, -0.2) is 0 Å². The zero-order valence-corrected chi connectivity index (χ0v) is 15.9. The van der Waals surface area contributed by atoms with Gasteiger partial charge in [0, 0.05) is 19.8 Å². The van der Waals surface area contributed by atoms with Gasteiger partial charge in [-0.3, -0.25) is 0 Å². The van der Waals surface area contributed by atoms with E-state index in [4.69, 9.17) is 23.6 Å². The van der Waals surface area contributed by atoms with Gasteiger partial charge in [0.05, 0.1) is 39.3 Å². The second kappa shape index (κ2) is 11.3. The predicted octanol–water partition coefficient (Wildman–Crippen LogP) is 1.69. The smallest absolute Gasteiger partial charge is 0.348 e. The fourth-order valence-corrected chi connectivity index (χ4v) is 5.94. The third kappa shape index (κ3) is 7.54. The van der Waals surface area contributed by atoms with Crippen molar-refractivity contribution in [2.75, 3.05) is 26.1 Å². The van der Waals surface area contributed by atoms with Gasteiger partial charge in [-0.15, -0.1) is 0 Å². The summed E-state index contributed by atoms with van der Waals surface area (Å²) in [6, 6.07) is 2.10. The minimum atomic E-state index is -1.88. The number of hydrogen-bond acceptors (Lipinski definition) is 5. The van der Waals surface area contributed by atoms with E-state index in [0.29, 0.717) is 19.3 Å². The molecule has 0 aliphatic carbocycles. The standard InChI is InChI=1S/C14H29NO4Si2/c1-4-9-16-12-21(18-11-6-8-15)19-13-7-5-10-17-14(13)20(2)3/h13-14,20-21H,4-7,9-12H2,1-3H3. The molecule has 1 fully saturated rings. The number of ether oxygens (including phenoxy) is 2. The predicted molar refractivity (Wildman–Crippen MR) is 87.2 cm³/mol. The molecule has 21 heavy (non-hydrogen) atoms. The van der Waals surface area contributed by atoms with Gasteiger partial charge in [-0.1, -0.05) is 20.0 Å². The van der Waals surface area contributed by atoms with E-state index >= 15 is 0 Å². The molecule has 1 saturated heterocycles. The minimum absolute atomic E-state index is 0.161. The van der Waals surface area contributed by atoms with Gasteiger partial charge < -0.3 is 18.3 Å². The summed E-state index contributed by atoms with van der Waals surface area (Å²) in [4.78, 5) is 0. The van der Waals surface area contributed by atoms with Crippen molar-refractivity contribution >= 4 is 18.1 Å². The van der Waals surface area contributed by atoms with Crippen LogP contribution in [-0.4, -0.2) is 56.0 Å². The van der Waals surface area contributed by atoms with Crippen LogP contribution >= 0.6 is 0 Å². The summed E-state index contributed by atoms with van der Waals surface area (Å²) in [5.74, 6) is 0. The largest absolute Gasteiger partial charge is 0.394 e. The van der Waals surface area contributed by atoms with E-state index in [1.807, 2.05) is 0 Å². The summed E-state index contributed by atoms with van der Waals surface area (Å²) in [6.45, 7) is 8.71. The highest BCUT2D eigenvalue weighted by Gasteiger charge is 2.32. The van der Waals surface area contributed by atoms with Gasteiger partial charge in [0.1, 0.15) is 0 Å². The number of rotatable bonds is 10. The monoisotopic (exact) mass is 331 g/mol. The molecule has 0 saturated carbocycles. The molecular formula is C14H29NO4Si2. The Labute approximate surface area is 132 Å². The van der Waals surface area contributed by atoms with Crippen molar-refractivity contribution in [3.8, 4) is 6.07 Å². The van der Waals surface area contributed by atoms with Crippen LogP contribution in [0.5, 0.6) is 0 Å². The molecule has 3 atom stereocenters. The second-order valence-corrected chi connectivity index (χ2v) is 10.6. The van der Waals surface area contributed by atoms with Crippen molar-refractivity contribution in [2.45, 2.75) is 57.5 Å². The molecule has 0 aromatic heterocycles. The fraction of sp³-hybridized carbons (Fsp3) is 0.929. The molecule has 1 aliphatic heterocycles. The van der Waals surface area contributed by atoms with Gasteiger partial charge in [0.25, 0.3) is 0 Å². The highest BCUT2D eigenvalue weighted by atomic mass is 28.3. The summed E-state index contributed by atoms with van der Waals surface area (Å²) < 4.78 is 23.6. The molecule has 0 bridgehead atoms. The third-order valence-corrected chi connectivity index (χ3v) is 7.12. The first-order valence-electron chi connectivity index (χ1n) is 8.02. The molecule has 1 aliphatic rings. The van der Waals surface area contributed by atoms with Crippen molar-refractivity contribution in [1.29, 1.82) is 5.26 Å². The molecule has 1 rings (SSSR count). The zero-order chi connectivity index (χ0) is 15.5. The first-order chi connectivity index (χ1) is 10.2. The molecule has 5 nitrogen and oxygen atoms in total. The van der Waals surface area contributed by atoms with E-state index < -0.39 is 18.1 Å². The number of hydrogen-bond donors (Lipinski definition) is 0. The molecule has 122 valence electrons. The molecule has 0 radical (unpaired) electrons. The van der Waals surface area contributed by atoms with Crippen LogP contribution in [-0.2, 0) is 18.3 Å². The third-order valence-electron chi connectivity index (χ3n) is 3.41. The van der Waals surface area contributed by atoms with Gasteiger partial charge in [-0.05, 0) is 19.3 Å². The van der Waals surface area contributed by atoms with E-state index in [-0.39, 0.29) is 11.8 Å². The Morgan fingerprint density at radius 2 is 2.14 bits per heavy atom. The molecule has 7 heteroatoms. The van der Waals surface area contributed by atoms with Crippen molar-refractivity contribution in [3.05, 3.63) is 0 Å². The molecule has 0 amide bonds. The van der Waals surface area contributed by atoms with E-state index in [2.05, 4.69) is 26.1 Å². The molecular weight excluding hydrogens is 302 g/mol. The Morgan fingerprint density at radius 1 is 1.33 bits per heavy atom. The average molecular weight is 332 g/mol. The van der Waals surface area contributed by atoms with Crippen LogP contribution in [0.15, 0.2) is 0 Å². The van der Waals surface area contributed by atoms with Crippen molar-refractivity contribution in [2.24, 2.45) is 0 Å². The second-order valence-electron chi connectivity index (χ2n) is 5.68. The van der Waals surface area contributed by atoms with Crippen LogP contribution in [0.3, 0.4) is 0 Å². The van der Waals surface area contributed by atoms with Crippen molar-refractivity contribution in [3.63, 3.8) is 0 Å². The zero-order valence-electron chi connectivity index (χ0n) is 13.5. The molecule has 0 aromatic carbocycles. The molecule has 0 spiro atoms. The summed E-state index contributed by atoms with van der Waals surface area (Å²) in [6.07, 6.45) is 4.22. The Balaban J connectivity index is 2.49. The maximum absolute atomic E-state index is 8.63. The summed E-state index contributed by atoms with van der Waals surface area (Å²) in [5.41, 5.74) is 0.277. The lowest BCUT2D eigenvalue weighted by atomic mass is 10.2. The van der Waals surface area contributed by atoms with E-state index in [1.165, 1.54) is 0 Å². The van der Waals surface area contributed by atoms with Gasteiger partial charge in [-0.2, -0.15) is 5.26 Å². The minimum Gasteiger partial charge on any atom is -0.394 e. The quantitative estimate of drug-likeness (QED) is 0.450. The molecule has 0 aromatic rings. The Kier molecular flexibility index (Phi) is 10.2. The molecule has 1 heterocycles. The lowest BCUT2D eigenvalue weighted by molar-refractivity contribution is -0.0372. The van der Waals surface area contributed by atoms with Crippen LogP contribution in [0.25, 0.3) is 0 Å². The van der Waals surface area contributed by atoms with Crippen LogP contribution in [0, 0.1) is 11.3 Å². The lowest BCUT2D eigenvalue weighted by Crippen LogP contribution is -2.48. The van der Waals surface area contributed by atoms with E-state index in [9.17, 15) is 0 Å². The van der Waals surface area contributed by atoms with Crippen LogP contribution in [0.4, 0.5) is 0 Å². The summed E-state index contributed by atoms with van der Waals surface area (Å²) in [5, 5.41) is 8.63. The Hall–Kier alpha value is -0.236. The maximum Gasteiger partial charge on any atom is 0.348 e. The van der Waals surface area contributed by atoms with Gasteiger partial charge in [0.2, 0.25) is 0 Å². The van der Waals surface area contributed by atoms with Gasteiger partial charge >= 0.3 is 9.28 Å². The van der Waals surface area contributed by atoms with Crippen LogP contribution < -0.4 is 0 Å².